The van der Waals surface area contributed by atoms with Crippen molar-refractivity contribution in [2.45, 2.75) is 152 Å². The number of aryl methyl sites for hydroxylation is 4. The van der Waals surface area contributed by atoms with Crippen LogP contribution in [0.4, 0.5) is 4.39 Å². The van der Waals surface area contributed by atoms with Crippen molar-refractivity contribution in [1.29, 1.82) is 0 Å². The quantitative estimate of drug-likeness (QED) is 0.0376. The minimum absolute atomic E-state index is 0.0272. The summed E-state index contributed by atoms with van der Waals surface area (Å²) in [7, 11) is 0. The molecule has 12 rings (SSSR count). The summed E-state index contributed by atoms with van der Waals surface area (Å²) < 4.78 is 44.0. The van der Waals surface area contributed by atoms with Gasteiger partial charge in [0.1, 0.15) is 72.1 Å². The lowest BCUT2D eigenvalue weighted by atomic mass is 10.1. The van der Waals surface area contributed by atoms with E-state index >= 15 is 0 Å². The Hall–Kier alpha value is -4.45. The second-order valence-corrected chi connectivity index (χ2v) is 47.6. The van der Waals surface area contributed by atoms with Crippen LogP contribution in [-0.2, 0) is 18.9 Å². The van der Waals surface area contributed by atoms with E-state index in [0.29, 0.717) is 63.0 Å². The predicted molar refractivity (Wildman–Crippen MR) is 402 cm³/mol. The van der Waals surface area contributed by atoms with Crippen LogP contribution >= 0.6 is 77.7 Å². The molecule has 0 spiro atoms. The first-order chi connectivity index (χ1) is 46.3. The summed E-state index contributed by atoms with van der Waals surface area (Å²) in [5, 5.41) is 83.1. The molecule has 0 radical (unpaired) electrons. The molecular weight excluding hydrogens is 1590 g/mol. The number of rotatable bonds is 16. The van der Waals surface area contributed by atoms with E-state index in [4.69, 9.17) is 30.5 Å². The molecule has 0 amide bonds. The Morgan fingerprint density at radius 1 is 0.430 bits per heavy atom. The van der Waals surface area contributed by atoms with Crippen LogP contribution in [-0.4, -0.2) is 295 Å². The number of aromatic nitrogens is 16. The van der Waals surface area contributed by atoms with Crippen molar-refractivity contribution in [1.82, 2.24) is 78.1 Å². The van der Waals surface area contributed by atoms with Gasteiger partial charge in [-0.2, -0.15) is 9.37 Å². The molecule has 8 aromatic heterocycles. The van der Waals surface area contributed by atoms with E-state index in [1.807, 2.05) is 22.6 Å². The molecule has 4 saturated heterocycles. The molecule has 4 unspecified atom stereocenters. The van der Waals surface area contributed by atoms with Crippen LogP contribution in [0.3, 0.4) is 0 Å². The summed E-state index contributed by atoms with van der Waals surface area (Å²) >= 11 is 11.4. The predicted octanol–water partition coefficient (Wildman–Crippen LogP) is 2.75. The van der Waals surface area contributed by atoms with E-state index in [2.05, 4.69) is 154 Å². The van der Waals surface area contributed by atoms with Crippen molar-refractivity contribution in [3.05, 3.63) is 84.6 Å². The van der Waals surface area contributed by atoms with Crippen LogP contribution in [0.25, 0.3) is 44.7 Å². The fourth-order valence-corrected chi connectivity index (χ4v) is 17.2. The van der Waals surface area contributed by atoms with Gasteiger partial charge in [0.05, 0.1) is 24.4 Å². The van der Waals surface area contributed by atoms with E-state index in [1.54, 1.807) is 32.3 Å². The molecule has 12 heterocycles. The standard InChI is InChI=1S/C15H22BrN4O4P.C15H22ClN4O4P.C15H22FN4O4P.C15H22IN4O4P/c4*1-7-17-12-9(13(23)18-7)19-15(16)20(12)14-11(22)10(21)8(24-14)5-6-25(2,3)4/h4*8,10-11,14,21-22H,2,5-6H2,1,3-4H3,(H,17,18,23)/t4*8-,10-,11-,14?/m1111/s1. The number of nitrogens with zero attached hydrogens (tertiary/aromatic N) is 12. The number of fused-ring (bicyclic) bond motifs is 4. The van der Waals surface area contributed by atoms with Gasteiger partial charge in [-0.1, -0.05) is 0 Å². The molecule has 100 heavy (non-hydrogen) atoms. The van der Waals surface area contributed by atoms with Crippen LogP contribution < -0.4 is 22.2 Å². The summed E-state index contributed by atoms with van der Waals surface area (Å²) in [6.45, 7) is 18.2. The van der Waals surface area contributed by atoms with Crippen molar-refractivity contribution in [3.8, 4) is 0 Å². The highest BCUT2D eigenvalue weighted by Crippen LogP contribution is 2.45. The molecule has 8 aromatic rings. The van der Waals surface area contributed by atoms with Crippen LogP contribution in [0.5, 0.6) is 0 Å². The molecule has 4 fully saturated rings. The van der Waals surface area contributed by atoms with Crippen LogP contribution in [0.15, 0.2) is 23.9 Å². The molecule has 0 bridgehead atoms. The average molecular weight is 1670 g/mol. The normalized spacial score (nSPS) is 27.3. The molecule has 552 valence electrons. The Kier molecular flexibility index (Phi) is 24.6. The largest absolute Gasteiger partial charge is 0.388 e. The van der Waals surface area contributed by atoms with Crippen LogP contribution in [0, 0.1) is 37.6 Å². The lowest BCUT2D eigenvalue weighted by Gasteiger charge is -2.19. The number of hydrogen-bond acceptors (Lipinski definition) is 24. The summed E-state index contributed by atoms with van der Waals surface area (Å²) in [6.07, 6.45) is 6.01. The lowest BCUT2D eigenvalue weighted by Crippen LogP contribution is -2.32. The van der Waals surface area contributed by atoms with Crippen molar-refractivity contribution in [2.75, 3.05) is 78.0 Å². The van der Waals surface area contributed by atoms with Gasteiger partial charge in [0.2, 0.25) is 5.28 Å². The molecule has 0 aromatic carbocycles. The first kappa shape index (κ1) is 79.7. The van der Waals surface area contributed by atoms with Gasteiger partial charge in [-0.25, -0.2) is 34.9 Å². The maximum Gasteiger partial charge on any atom is 0.293 e. The SMILES string of the molecule is C=P(C)(C)CC[C@H]1OC(n2c(Br)nc3c(=O)[nH]c(C)nc32)[C@H](O)[C@@H]1O.C=P(C)(C)CC[C@H]1OC(n2c(Cl)nc3c(=O)[nH]c(C)nc32)[C@H](O)[C@@H]1O.C=P(C)(C)CC[C@H]1OC(n2c(F)nc3c(=O)[nH]c(C)nc32)[C@H](O)[C@@H]1O.C=P(C)(C)CC[C@H]1OC(n2c(I)nc3c(=O)[nH]c(C)nc32)[C@H](O)[C@@H]1O. The molecule has 4 aliphatic rings. The summed E-state index contributed by atoms with van der Waals surface area (Å²) in [6, 6.07) is 0. The van der Waals surface area contributed by atoms with E-state index in [0.717, 1.165) is 29.2 Å². The van der Waals surface area contributed by atoms with Gasteiger partial charge in [0.25, 0.3) is 28.3 Å². The maximum absolute atomic E-state index is 14.4. The van der Waals surface area contributed by atoms with Gasteiger partial charge < -0.3 is 79.7 Å². The van der Waals surface area contributed by atoms with Crippen molar-refractivity contribution in [3.63, 3.8) is 0 Å². The Labute approximate surface area is 600 Å². The second kappa shape index (κ2) is 30.9. The summed E-state index contributed by atoms with van der Waals surface area (Å²) in [5.41, 5.74) is -0.649. The first-order valence-electron chi connectivity index (χ1n) is 31.7. The molecule has 40 heteroatoms. The molecule has 4 aliphatic heterocycles. The van der Waals surface area contributed by atoms with Crippen molar-refractivity contribution in [2.24, 2.45) is 0 Å². The van der Waals surface area contributed by atoms with E-state index in [1.165, 1.54) is 9.13 Å². The van der Waals surface area contributed by atoms with Crippen LogP contribution in [0.2, 0.25) is 5.28 Å². The third-order valence-corrected chi connectivity index (χ3v) is 24.4. The number of ether oxygens (including phenoxy) is 4. The van der Waals surface area contributed by atoms with Crippen molar-refractivity contribution < 1.29 is 64.2 Å². The van der Waals surface area contributed by atoms with Gasteiger partial charge in [0.15, 0.2) is 78.1 Å². The van der Waals surface area contributed by atoms with Crippen LogP contribution in [0.1, 0.15) is 73.9 Å². The molecule has 0 aliphatic carbocycles. The summed E-state index contributed by atoms with van der Waals surface area (Å²) in [4.78, 5) is 91.2. The molecule has 0 saturated carbocycles. The summed E-state index contributed by atoms with van der Waals surface area (Å²) in [5.74, 6) is 1.55. The lowest BCUT2D eigenvalue weighted by molar-refractivity contribution is -0.0413. The van der Waals surface area contributed by atoms with Crippen molar-refractivity contribution >= 4 is 148 Å². The number of imidazole rings is 4. The maximum atomic E-state index is 14.4. The molecule has 16 atom stereocenters. The van der Waals surface area contributed by atoms with Gasteiger partial charge in [-0.05, 0) is 159 Å². The fourth-order valence-electron chi connectivity index (χ4n) is 11.8. The zero-order valence-electron chi connectivity index (χ0n) is 57.2. The topological polar surface area (TPSA) is 453 Å². The Bertz CT molecular complexity index is 4220. The van der Waals surface area contributed by atoms with E-state index in [9.17, 15) is 64.4 Å². The molecular formula is C60H88BrClFIN16O16P4. The zero-order chi connectivity index (χ0) is 74.1. The third-order valence-electron chi connectivity index (χ3n) is 16.9. The molecule has 12 N–H and O–H groups in total. The number of nitrogens with one attached hydrogen (secondary N) is 4. The number of hydrogen-bond donors (Lipinski definition) is 12. The minimum Gasteiger partial charge on any atom is -0.388 e. The van der Waals surface area contributed by atoms with Gasteiger partial charge in [-0.3, -0.25) is 37.4 Å². The Morgan fingerprint density at radius 3 is 1.03 bits per heavy atom. The van der Waals surface area contributed by atoms with Gasteiger partial charge in [-0.15, -0.1) is 52.7 Å². The van der Waals surface area contributed by atoms with Gasteiger partial charge >= 0.3 is 0 Å². The number of aliphatic hydroxyl groups is 8. The fraction of sp³-hybridized carbons (Fsp3) is 0.600. The Morgan fingerprint density at radius 2 is 0.690 bits per heavy atom. The smallest absolute Gasteiger partial charge is 0.293 e. The molecule has 32 nitrogen and oxygen atoms in total. The highest BCUT2D eigenvalue weighted by atomic mass is 127. The second-order valence-electron chi connectivity index (χ2n) is 28.3. The monoisotopic (exact) mass is 1670 g/mol. The first-order valence-corrected chi connectivity index (χ1v) is 46.1. The Balaban J connectivity index is 0.000000156. The van der Waals surface area contributed by atoms with E-state index in [-0.39, 0.29) is 55.6 Å². The van der Waals surface area contributed by atoms with Gasteiger partial charge in [0, 0.05) is 22.6 Å². The average Bonchev–Trinajstić information content (AvgIpc) is 1.62. The zero-order valence-corrected chi connectivity index (χ0v) is 65.3. The number of halogens is 4. The minimum atomic E-state index is -1.36. The number of aliphatic hydroxyl groups excluding tert-OH is 8. The third kappa shape index (κ3) is 17.9. The number of H-pyrrole nitrogens is 4. The highest BCUT2D eigenvalue weighted by Gasteiger charge is 2.49. The highest BCUT2D eigenvalue weighted by molar-refractivity contribution is 14.1. The number of aromatic amines is 4. The van der Waals surface area contributed by atoms with E-state index < -0.39 is 143 Å².